The van der Waals surface area contributed by atoms with Crippen LogP contribution in [0.25, 0.3) is 0 Å². The van der Waals surface area contributed by atoms with Gasteiger partial charge in [0.05, 0.1) is 17.6 Å². The lowest BCUT2D eigenvalue weighted by Crippen LogP contribution is -2.12. The molecule has 0 aliphatic carbocycles. The molecular weight excluding hydrogens is 412 g/mol. The number of anilines is 1. The molecule has 1 N–H and O–H groups in total. The van der Waals surface area contributed by atoms with Gasteiger partial charge in [-0.15, -0.1) is 0 Å². The Labute approximate surface area is 177 Å². The molecule has 0 spiro atoms. The Balaban J connectivity index is 1.67. The van der Waals surface area contributed by atoms with Gasteiger partial charge in [0.1, 0.15) is 29.6 Å². The van der Waals surface area contributed by atoms with Gasteiger partial charge in [0.25, 0.3) is 11.6 Å². The maximum absolute atomic E-state index is 12.5. The van der Waals surface area contributed by atoms with Crippen molar-refractivity contribution in [3.05, 3.63) is 80.8 Å². The zero-order valence-corrected chi connectivity index (χ0v) is 17.1. The van der Waals surface area contributed by atoms with Crippen LogP contribution in [0.15, 0.2) is 52.9 Å². The van der Waals surface area contributed by atoms with Gasteiger partial charge >= 0.3 is 0 Å². The van der Waals surface area contributed by atoms with Crippen molar-refractivity contribution in [2.45, 2.75) is 20.5 Å². The summed E-state index contributed by atoms with van der Waals surface area (Å²) in [6, 6.07) is 12.6. The van der Waals surface area contributed by atoms with Crippen LogP contribution < -0.4 is 14.8 Å². The largest absolute Gasteiger partial charge is 0.494 e. The molecule has 2 aromatic carbocycles. The fourth-order valence-corrected chi connectivity index (χ4v) is 2.77. The predicted molar refractivity (Wildman–Crippen MR) is 111 cm³/mol. The number of aryl methyl sites for hydroxylation is 1. The molecule has 0 unspecified atom stereocenters. The molecule has 3 aromatic rings. The molecule has 156 valence electrons. The van der Waals surface area contributed by atoms with E-state index >= 15 is 0 Å². The second kappa shape index (κ2) is 9.32. The number of halogens is 1. The summed E-state index contributed by atoms with van der Waals surface area (Å²) in [5.41, 5.74) is 0.646. The van der Waals surface area contributed by atoms with E-state index in [1.54, 1.807) is 37.3 Å². The van der Waals surface area contributed by atoms with Crippen molar-refractivity contribution < 1.29 is 23.6 Å². The first-order valence-electron chi connectivity index (χ1n) is 9.07. The van der Waals surface area contributed by atoms with Crippen LogP contribution in [-0.2, 0) is 6.61 Å². The van der Waals surface area contributed by atoms with Crippen molar-refractivity contribution in [1.29, 1.82) is 0 Å². The molecule has 30 heavy (non-hydrogen) atoms. The first-order chi connectivity index (χ1) is 14.4. The maximum atomic E-state index is 12.5. The van der Waals surface area contributed by atoms with E-state index in [0.717, 1.165) is 5.56 Å². The van der Waals surface area contributed by atoms with Gasteiger partial charge in [-0.05, 0) is 61.9 Å². The third kappa shape index (κ3) is 5.09. The second-order valence-corrected chi connectivity index (χ2v) is 6.70. The highest BCUT2D eigenvalue weighted by Crippen LogP contribution is 2.30. The molecule has 0 radical (unpaired) electrons. The lowest BCUT2D eigenvalue weighted by molar-refractivity contribution is -0.384. The average molecular weight is 431 g/mol. The quantitative estimate of drug-likeness (QED) is 0.380. The van der Waals surface area contributed by atoms with Gasteiger partial charge < -0.3 is 19.2 Å². The van der Waals surface area contributed by atoms with Crippen LogP contribution in [0.5, 0.6) is 11.5 Å². The van der Waals surface area contributed by atoms with Crippen LogP contribution >= 0.6 is 11.6 Å². The van der Waals surface area contributed by atoms with E-state index in [2.05, 4.69) is 5.32 Å². The number of nitro benzene ring substituents is 1. The third-order valence-corrected chi connectivity index (χ3v) is 4.55. The molecule has 1 heterocycles. The van der Waals surface area contributed by atoms with Gasteiger partial charge in [-0.3, -0.25) is 14.9 Å². The minimum Gasteiger partial charge on any atom is -0.494 e. The molecule has 0 saturated heterocycles. The third-order valence-electron chi connectivity index (χ3n) is 4.12. The number of hydrogen-bond acceptors (Lipinski definition) is 6. The maximum Gasteiger partial charge on any atom is 0.296 e. The lowest BCUT2D eigenvalue weighted by atomic mass is 10.2. The number of hydrogen-bond donors (Lipinski definition) is 1. The number of furan rings is 1. The van der Waals surface area contributed by atoms with E-state index in [1.165, 1.54) is 18.2 Å². The van der Waals surface area contributed by atoms with E-state index < -0.39 is 10.8 Å². The summed E-state index contributed by atoms with van der Waals surface area (Å²) >= 11 is 5.99. The average Bonchev–Trinajstić information content (AvgIpc) is 3.19. The summed E-state index contributed by atoms with van der Waals surface area (Å²) in [6.07, 6.45) is 0. The summed E-state index contributed by atoms with van der Waals surface area (Å²) < 4.78 is 16.4. The molecule has 0 aliphatic rings. The number of benzene rings is 2. The molecule has 0 fully saturated rings. The Bertz CT molecular complexity index is 1080. The molecule has 0 aliphatic heterocycles. The van der Waals surface area contributed by atoms with E-state index in [1.807, 2.05) is 6.92 Å². The van der Waals surface area contributed by atoms with Crippen LogP contribution in [0.1, 0.15) is 28.8 Å². The van der Waals surface area contributed by atoms with Gasteiger partial charge in [0, 0.05) is 5.02 Å². The van der Waals surface area contributed by atoms with Gasteiger partial charge in [0.15, 0.2) is 5.76 Å². The number of rotatable bonds is 8. The van der Waals surface area contributed by atoms with E-state index in [4.69, 9.17) is 25.5 Å². The van der Waals surface area contributed by atoms with Crippen LogP contribution in [0.4, 0.5) is 11.4 Å². The van der Waals surface area contributed by atoms with Crippen molar-refractivity contribution in [2.75, 3.05) is 11.9 Å². The highest BCUT2D eigenvalue weighted by molar-refractivity contribution is 6.31. The zero-order valence-electron chi connectivity index (χ0n) is 16.3. The molecule has 8 nitrogen and oxygen atoms in total. The Morgan fingerprint density at radius 1 is 1.13 bits per heavy atom. The number of nitrogens with one attached hydrogen (secondary N) is 1. The van der Waals surface area contributed by atoms with Crippen molar-refractivity contribution in [3.8, 4) is 11.5 Å². The summed E-state index contributed by atoms with van der Waals surface area (Å²) in [6.45, 7) is 4.12. The van der Waals surface area contributed by atoms with Crippen molar-refractivity contribution >= 4 is 28.9 Å². The zero-order chi connectivity index (χ0) is 21.7. The number of carbonyl (C=O) groups excluding carboxylic acids is 1. The monoisotopic (exact) mass is 430 g/mol. The Morgan fingerprint density at radius 3 is 2.57 bits per heavy atom. The molecule has 0 bridgehead atoms. The fraction of sp³-hybridized carbons (Fsp3) is 0.190. The van der Waals surface area contributed by atoms with Gasteiger partial charge in [0.2, 0.25) is 0 Å². The number of nitrogens with zero attached hydrogens (tertiary/aromatic N) is 1. The van der Waals surface area contributed by atoms with Crippen LogP contribution in [0.3, 0.4) is 0 Å². The highest BCUT2D eigenvalue weighted by Gasteiger charge is 2.20. The topological polar surface area (TPSA) is 104 Å². The Morgan fingerprint density at radius 2 is 1.87 bits per heavy atom. The normalized spacial score (nSPS) is 10.5. The minimum atomic E-state index is -0.615. The fourth-order valence-electron chi connectivity index (χ4n) is 2.65. The Kier molecular flexibility index (Phi) is 6.58. The molecule has 1 aromatic heterocycles. The lowest BCUT2D eigenvalue weighted by Gasteiger charge is -2.08. The summed E-state index contributed by atoms with van der Waals surface area (Å²) in [5.74, 6) is 0.773. The van der Waals surface area contributed by atoms with E-state index in [9.17, 15) is 14.9 Å². The van der Waals surface area contributed by atoms with Gasteiger partial charge in [-0.1, -0.05) is 11.6 Å². The van der Waals surface area contributed by atoms with Crippen molar-refractivity contribution in [3.63, 3.8) is 0 Å². The number of ether oxygens (including phenoxy) is 2. The summed E-state index contributed by atoms with van der Waals surface area (Å²) in [5, 5.41) is 14.4. The van der Waals surface area contributed by atoms with Gasteiger partial charge in [-0.25, -0.2) is 0 Å². The van der Waals surface area contributed by atoms with Crippen molar-refractivity contribution in [2.24, 2.45) is 0 Å². The standard InChI is InChI=1S/C21H19ClN2O6/c1-3-28-15-5-8-18(19(11-15)24(26)27)23-21(25)20-9-6-16(30-20)12-29-14-4-7-17(22)13(2)10-14/h4-11H,3,12H2,1-2H3,(H,23,25). The SMILES string of the molecule is CCOc1ccc(NC(=O)c2ccc(COc3ccc(Cl)c(C)c3)o2)c([N+](=O)[O-])c1. The van der Waals surface area contributed by atoms with E-state index in [0.29, 0.717) is 28.9 Å². The van der Waals surface area contributed by atoms with Crippen LogP contribution in [0.2, 0.25) is 5.02 Å². The summed E-state index contributed by atoms with van der Waals surface area (Å²) in [7, 11) is 0. The van der Waals surface area contributed by atoms with E-state index in [-0.39, 0.29) is 23.7 Å². The van der Waals surface area contributed by atoms with Crippen LogP contribution in [0, 0.1) is 17.0 Å². The molecule has 3 rings (SSSR count). The number of amides is 1. The molecule has 9 heteroatoms. The number of carbonyl (C=O) groups is 1. The second-order valence-electron chi connectivity index (χ2n) is 6.29. The predicted octanol–water partition coefficient (Wildman–Crippen LogP) is 5.38. The first kappa shape index (κ1) is 21.2. The first-order valence-corrected chi connectivity index (χ1v) is 9.45. The van der Waals surface area contributed by atoms with Gasteiger partial charge in [-0.2, -0.15) is 0 Å². The highest BCUT2D eigenvalue weighted by atomic mass is 35.5. The molecule has 0 atom stereocenters. The van der Waals surface area contributed by atoms with Crippen LogP contribution in [-0.4, -0.2) is 17.4 Å². The minimum absolute atomic E-state index is 0.00377. The molecular formula is C21H19ClN2O6. The molecule has 0 saturated carbocycles. The Hall–Kier alpha value is -3.52. The summed E-state index contributed by atoms with van der Waals surface area (Å²) in [4.78, 5) is 23.2. The number of nitro groups is 1. The van der Waals surface area contributed by atoms with Crippen molar-refractivity contribution in [1.82, 2.24) is 0 Å². The molecule has 1 amide bonds. The smallest absolute Gasteiger partial charge is 0.296 e.